The predicted octanol–water partition coefficient (Wildman–Crippen LogP) is 3.51. The molecule has 34 heavy (non-hydrogen) atoms. The Morgan fingerprint density at radius 2 is 1.71 bits per heavy atom. The molecule has 4 aromatic rings. The fourth-order valence-electron chi connectivity index (χ4n) is 3.96. The standard InChI is InChI=1S/C24H20N6O2S2/c1-29-23-21(19-9-5-6-10-20(19)34(29,31)32)28-30(22(23)17-7-3-2-4-8-17)18-13-11-16(12-14-18)15-26-27-24(25)33/h2-15H,1H3,(H3,25,27,33)/b26-15+. The summed E-state index contributed by atoms with van der Waals surface area (Å²) in [5.41, 5.74) is 12.8. The van der Waals surface area contributed by atoms with Crippen molar-refractivity contribution in [3.63, 3.8) is 0 Å². The minimum Gasteiger partial charge on any atom is -0.375 e. The van der Waals surface area contributed by atoms with Gasteiger partial charge in [0.05, 0.1) is 22.5 Å². The van der Waals surface area contributed by atoms with Crippen LogP contribution in [0.4, 0.5) is 5.69 Å². The molecule has 0 saturated heterocycles. The Hall–Kier alpha value is -4.02. The highest BCUT2D eigenvalue weighted by atomic mass is 32.2. The van der Waals surface area contributed by atoms with Crippen molar-refractivity contribution < 1.29 is 8.42 Å². The van der Waals surface area contributed by atoms with E-state index in [1.54, 1.807) is 36.1 Å². The number of rotatable bonds is 4. The molecule has 3 aromatic carbocycles. The number of nitrogens with zero attached hydrogens (tertiary/aromatic N) is 4. The van der Waals surface area contributed by atoms with Gasteiger partial charge >= 0.3 is 0 Å². The summed E-state index contributed by atoms with van der Waals surface area (Å²) in [6.45, 7) is 0. The number of aromatic nitrogens is 2. The Labute approximate surface area is 202 Å². The van der Waals surface area contributed by atoms with Crippen molar-refractivity contribution in [1.82, 2.24) is 15.2 Å². The normalized spacial score (nSPS) is 14.0. The molecule has 0 fully saturated rings. The van der Waals surface area contributed by atoms with Crippen LogP contribution in [0.15, 0.2) is 88.9 Å². The van der Waals surface area contributed by atoms with Crippen molar-refractivity contribution >= 4 is 39.3 Å². The molecule has 1 aliphatic rings. The maximum Gasteiger partial charge on any atom is 0.264 e. The van der Waals surface area contributed by atoms with Crippen molar-refractivity contribution in [2.45, 2.75) is 4.90 Å². The first-order chi connectivity index (χ1) is 16.4. The SMILES string of the molecule is CN1c2c(nn(-c3ccc(/C=N/NC(N)=S)cc3)c2-c2ccccc2)-c2ccccc2S1(=O)=O. The maximum atomic E-state index is 13.3. The van der Waals surface area contributed by atoms with Crippen LogP contribution in [0.1, 0.15) is 5.56 Å². The van der Waals surface area contributed by atoms with E-state index in [-0.39, 0.29) is 10.0 Å². The van der Waals surface area contributed by atoms with Gasteiger partial charge in [0.15, 0.2) is 5.11 Å². The zero-order chi connectivity index (χ0) is 23.9. The van der Waals surface area contributed by atoms with Gasteiger partial charge < -0.3 is 5.73 Å². The molecule has 1 aliphatic heterocycles. The van der Waals surface area contributed by atoms with Gasteiger partial charge in [-0.3, -0.25) is 9.73 Å². The van der Waals surface area contributed by atoms with Crippen LogP contribution in [0.5, 0.6) is 0 Å². The lowest BCUT2D eigenvalue weighted by molar-refractivity contribution is 0.594. The van der Waals surface area contributed by atoms with E-state index in [1.807, 2.05) is 60.7 Å². The molecule has 0 amide bonds. The van der Waals surface area contributed by atoms with E-state index in [0.717, 1.165) is 16.8 Å². The number of thiocarbonyl (C=S) groups is 1. The Kier molecular flexibility index (Phi) is 5.39. The van der Waals surface area contributed by atoms with E-state index in [0.29, 0.717) is 22.6 Å². The van der Waals surface area contributed by atoms with E-state index < -0.39 is 10.0 Å². The van der Waals surface area contributed by atoms with Gasteiger partial charge in [-0.2, -0.15) is 10.2 Å². The lowest BCUT2D eigenvalue weighted by Gasteiger charge is -2.26. The van der Waals surface area contributed by atoms with Crippen LogP contribution in [0, 0.1) is 0 Å². The molecule has 0 atom stereocenters. The first-order valence-electron chi connectivity index (χ1n) is 10.3. The molecule has 8 nitrogen and oxygen atoms in total. The van der Waals surface area contributed by atoms with Crippen LogP contribution in [-0.4, -0.2) is 36.6 Å². The lowest BCUT2D eigenvalue weighted by Crippen LogP contribution is -2.30. The molecule has 5 rings (SSSR count). The molecule has 0 radical (unpaired) electrons. The number of anilines is 1. The van der Waals surface area contributed by atoms with Gasteiger partial charge in [0, 0.05) is 18.2 Å². The quantitative estimate of drug-likeness (QED) is 0.259. The topological polar surface area (TPSA) is 106 Å². The molecule has 2 heterocycles. The minimum atomic E-state index is -3.72. The first-order valence-corrected chi connectivity index (χ1v) is 12.2. The molecule has 170 valence electrons. The second-order valence-corrected chi connectivity index (χ2v) is 10.00. The molecule has 0 spiro atoms. The number of hydrogen-bond donors (Lipinski definition) is 2. The fourth-order valence-corrected chi connectivity index (χ4v) is 5.41. The highest BCUT2D eigenvalue weighted by Gasteiger charge is 2.38. The third kappa shape index (κ3) is 3.62. The lowest BCUT2D eigenvalue weighted by atomic mass is 10.1. The summed E-state index contributed by atoms with van der Waals surface area (Å²) in [6, 6.07) is 24.1. The number of nitrogens with two attached hydrogens (primary N) is 1. The number of hydrogen-bond acceptors (Lipinski definition) is 5. The van der Waals surface area contributed by atoms with Crippen LogP contribution in [0.25, 0.3) is 28.2 Å². The number of benzene rings is 3. The van der Waals surface area contributed by atoms with Crippen LogP contribution in [0.2, 0.25) is 0 Å². The summed E-state index contributed by atoms with van der Waals surface area (Å²) in [7, 11) is -2.16. The van der Waals surface area contributed by atoms with Crippen LogP contribution in [0.3, 0.4) is 0 Å². The average Bonchev–Trinajstić information content (AvgIpc) is 3.24. The Morgan fingerprint density at radius 1 is 1.03 bits per heavy atom. The molecular formula is C24H20N6O2S2. The second kappa shape index (κ2) is 8.40. The highest BCUT2D eigenvalue weighted by molar-refractivity contribution is 7.93. The minimum absolute atomic E-state index is 0.0850. The summed E-state index contributed by atoms with van der Waals surface area (Å²) in [5, 5.41) is 8.96. The number of hydrazone groups is 1. The Balaban J connectivity index is 1.72. The molecule has 3 N–H and O–H groups in total. The zero-order valence-electron chi connectivity index (χ0n) is 18.1. The van der Waals surface area contributed by atoms with Crippen molar-refractivity contribution in [2.24, 2.45) is 10.8 Å². The zero-order valence-corrected chi connectivity index (χ0v) is 19.7. The summed E-state index contributed by atoms with van der Waals surface area (Å²) in [5.74, 6) is 0. The van der Waals surface area contributed by atoms with Gasteiger partial charge in [-0.25, -0.2) is 13.1 Å². The van der Waals surface area contributed by atoms with Gasteiger partial charge in [-0.05, 0) is 36.0 Å². The third-order valence-corrected chi connectivity index (χ3v) is 7.44. The molecule has 0 saturated carbocycles. The average molecular weight is 489 g/mol. The van der Waals surface area contributed by atoms with E-state index in [2.05, 4.69) is 10.5 Å². The molecule has 0 unspecified atom stereocenters. The van der Waals surface area contributed by atoms with Gasteiger partial charge in [0.1, 0.15) is 11.4 Å². The Bertz CT molecular complexity index is 1530. The van der Waals surface area contributed by atoms with Crippen molar-refractivity contribution in [2.75, 3.05) is 11.4 Å². The molecule has 10 heteroatoms. The monoisotopic (exact) mass is 488 g/mol. The number of sulfonamides is 1. The van der Waals surface area contributed by atoms with Gasteiger partial charge in [-0.1, -0.05) is 60.7 Å². The summed E-state index contributed by atoms with van der Waals surface area (Å²) < 4.78 is 29.8. The van der Waals surface area contributed by atoms with E-state index in [4.69, 9.17) is 23.1 Å². The predicted molar refractivity (Wildman–Crippen MR) is 138 cm³/mol. The Morgan fingerprint density at radius 3 is 2.41 bits per heavy atom. The second-order valence-electron chi connectivity index (χ2n) is 7.62. The van der Waals surface area contributed by atoms with Gasteiger partial charge in [0.2, 0.25) is 0 Å². The van der Waals surface area contributed by atoms with Crippen molar-refractivity contribution in [3.8, 4) is 28.2 Å². The summed E-state index contributed by atoms with van der Waals surface area (Å²) in [4.78, 5) is 0.242. The molecular weight excluding hydrogens is 468 g/mol. The van der Waals surface area contributed by atoms with Gasteiger partial charge in [0.25, 0.3) is 10.0 Å². The molecule has 0 bridgehead atoms. The number of nitrogens with one attached hydrogen (secondary N) is 1. The van der Waals surface area contributed by atoms with Crippen molar-refractivity contribution in [3.05, 3.63) is 84.4 Å². The first kappa shape index (κ1) is 21.8. The van der Waals surface area contributed by atoms with Crippen LogP contribution in [-0.2, 0) is 10.0 Å². The fraction of sp³-hybridized carbons (Fsp3) is 0.0417. The third-order valence-electron chi connectivity index (χ3n) is 5.53. The maximum absolute atomic E-state index is 13.3. The number of fused-ring (bicyclic) bond motifs is 3. The van der Waals surface area contributed by atoms with E-state index in [9.17, 15) is 8.42 Å². The molecule has 0 aliphatic carbocycles. The van der Waals surface area contributed by atoms with Crippen LogP contribution < -0.4 is 15.5 Å². The molecule has 1 aromatic heterocycles. The highest BCUT2D eigenvalue weighted by Crippen LogP contribution is 2.47. The van der Waals surface area contributed by atoms with Gasteiger partial charge in [-0.15, -0.1) is 0 Å². The summed E-state index contributed by atoms with van der Waals surface area (Å²) in [6.07, 6.45) is 1.60. The van der Waals surface area contributed by atoms with Crippen molar-refractivity contribution in [1.29, 1.82) is 0 Å². The summed E-state index contributed by atoms with van der Waals surface area (Å²) >= 11 is 4.75. The van der Waals surface area contributed by atoms with Crippen LogP contribution >= 0.6 is 12.2 Å². The van der Waals surface area contributed by atoms with E-state index in [1.165, 1.54) is 4.31 Å². The smallest absolute Gasteiger partial charge is 0.264 e. The largest absolute Gasteiger partial charge is 0.375 e. The van der Waals surface area contributed by atoms with E-state index >= 15 is 0 Å².